The lowest BCUT2D eigenvalue weighted by Crippen LogP contribution is -1.90. The molecule has 5 heteroatoms. The van der Waals surface area contributed by atoms with Gasteiger partial charge in [-0.15, -0.1) is 23.1 Å². The number of anilines is 1. The smallest absolute Gasteiger partial charge is 0.125 e. The van der Waals surface area contributed by atoms with Gasteiger partial charge in [0.1, 0.15) is 5.82 Å². The van der Waals surface area contributed by atoms with E-state index in [2.05, 4.69) is 6.07 Å². The molecule has 3 rings (SSSR count). The number of nitrogen functional groups attached to an aromatic ring is 1. The van der Waals surface area contributed by atoms with Crippen LogP contribution in [-0.2, 0) is 5.75 Å². The molecule has 0 atom stereocenters. The molecule has 0 aliphatic rings. The second-order valence-electron chi connectivity index (χ2n) is 4.31. The van der Waals surface area contributed by atoms with E-state index in [4.69, 9.17) is 17.3 Å². The van der Waals surface area contributed by atoms with Crippen LogP contribution in [0.2, 0.25) is 5.02 Å². The lowest BCUT2D eigenvalue weighted by molar-refractivity contribution is 0.627. The summed E-state index contributed by atoms with van der Waals surface area (Å²) in [5.74, 6) is 0.417. The molecular weight excluding hydrogens is 313 g/mol. The van der Waals surface area contributed by atoms with Crippen LogP contribution in [0.25, 0.3) is 10.1 Å². The first-order chi connectivity index (χ1) is 9.65. The molecule has 0 radical (unpaired) electrons. The van der Waals surface area contributed by atoms with Crippen LogP contribution >= 0.6 is 34.7 Å². The van der Waals surface area contributed by atoms with E-state index in [0.29, 0.717) is 5.69 Å². The predicted octanol–water partition coefficient (Wildman–Crippen LogP) is 5.57. The lowest BCUT2D eigenvalue weighted by atomic mass is 10.2. The summed E-state index contributed by atoms with van der Waals surface area (Å²) in [5.41, 5.74) is 6.27. The van der Waals surface area contributed by atoms with Gasteiger partial charge in [0.15, 0.2) is 0 Å². The molecule has 0 saturated carbocycles. The molecule has 0 unspecified atom stereocenters. The van der Waals surface area contributed by atoms with E-state index in [0.717, 1.165) is 25.9 Å². The minimum Gasteiger partial charge on any atom is -0.398 e. The van der Waals surface area contributed by atoms with E-state index >= 15 is 0 Å². The SMILES string of the molecule is Nc1cc(F)ccc1SCc1sc2ccccc2c1Cl. The van der Waals surface area contributed by atoms with E-state index in [-0.39, 0.29) is 5.82 Å². The largest absolute Gasteiger partial charge is 0.398 e. The normalized spacial score (nSPS) is 11.1. The summed E-state index contributed by atoms with van der Waals surface area (Å²) in [6.45, 7) is 0. The zero-order chi connectivity index (χ0) is 14.1. The number of halogens is 2. The van der Waals surface area contributed by atoms with Gasteiger partial charge >= 0.3 is 0 Å². The van der Waals surface area contributed by atoms with E-state index < -0.39 is 0 Å². The number of benzene rings is 2. The fourth-order valence-electron chi connectivity index (χ4n) is 1.95. The molecule has 2 aromatic carbocycles. The van der Waals surface area contributed by atoms with E-state index in [1.165, 1.54) is 16.8 Å². The third kappa shape index (κ3) is 2.64. The minimum atomic E-state index is -0.313. The molecule has 1 nitrogen and oxygen atoms in total. The summed E-state index contributed by atoms with van der Waals surface area (Å²) in [6, 6.07) is 12.5. The van der Waals surface area contributed by atoms with Crippen LogP contribution < -0.4 is 5.73 Å². The van der Waals surface area contributed by atoms with Crippen LogP contribution in [-0.4, -0.2) is 0 Å². The van der Waals surface area contributed by atoms with Crippen molar-refractivity contribution in [2.75, 3.05) is 5.73 Å². The Kier molecular flexibility index (Phi) is 3.87. The van der Waals surface area contributed by atoms with E-state index in [9.17, 15) is 4.39 Å². The minimum absolute atomic E-state index is 0.313. The number of thiophene rings is 1. The van der Waals surface area contributed by atoms with Gasteiger partial charge in [-0.3, -0.25) is 0 Å². The Balaban J connectivity index is 1.85. The van der Waals surface area contributed by atoms with Crippen LogP contribution in [0.1, 0.15) is 4.88 Å². The number of hydrogen-bond acceptors (Lipinski definition) is 3. The van der Waals surface area contributed by atoms with E-state index in [1.54, 1.807) is 29.2 Å². The van der Waals surface area contributed by atoms with E-state index in [1.807, 2.05) is 18.2 Å². The summed E-state index contributed by atoms with van der Waals surface area (Å²) in [6.07, 6.45) is 0. The van der Waals surface area contributed by atoms with Crippen molar-refractivity contribution < 1.29 is 4.39 Å². The number of thioether (sulfide) groups is 1. The van der Waals surface area contributed by atoms with Crippen LogP contribution in [0, 0.1) is 5.82 Å². The highest BCUT2D eigenvalue weighted by atomic mass is 35.5. The molecule has 102 valence electrons. The van der Waals surface area contributed by atoms with Crippen molar-refractivity contribution in [2.24, 2.45) is 0 Å². The Morgan fingerprint density at radius 3 is 2.75 bits per heavy atom. The number of nitrogens with two attached hydrogens (primary N) is 1. The summed E-state index contributed by atoms with van der Waals surface area (Å²) >= 11 is 9.65. The van der Waals surface area contributed by atoms with Crippen LogP contribution in [0.3, 0.4) is 0 Å². The molecule has 0 spiro atoms. The zero-order valence-electron chi connectivity index (χ0n) is 10.4. The van der Waals surface area contributed by atoms with Gasteiger partial charge in [-0.25, -0.2) is 4.39 Å². The summed E-state index contributed by atoms with van der Waals surface area (Å²) < 4.78 is 14.2. The Morgan fingerprint density at radius 2 is 2.00 bits per heavy atom. The maximum atomic E-state index is 13.0. The first-order valence-electron chi connectivity index (χ1n) is 5.99. The Hall–Kier alpha value is -1.23. The maximum Gasteiger partial charge on any atom is 0.125 e. The average Bonchev–Trinajstić information content (AvgIpc) is 2.75. The summed E-state index contributed by atoms with van der Waals surface area (Å²) in [7, 11) is 0. The third-order valence-corrected chi connectivity index (χ3v) is 5.95. The Bertz CT molecular complexity index is 770. The van der Waals surface area contributed by atoms with Gasteiger partial charge in [-0.1, -0.05) is 29.8 Å². The van der Waals surface area contributed by atoms with Crippen molar-refractivity contribution in [1.29, 1.82) is 0 Å². The molecule has 3 aromatic rings. The Labute approximate surface area is 129 Å². The van der Waals surface area contributed by atoms with Crippen molar-refractivity contribution in [1.82, 2.24) is 0 Å². The maximum absolute atomic E-state index is 13.0. The number of hydrogen-bond donors (Lipinski definition) is 1. The summed E-state index contributed by atoms with van der Waals surface area (Å²) in [4.78, 5) is 1.99. The van der Waals surface area contributed by atoms with Crippen molar-refractivity contribution in [2.45, 2.75) is 10.6 Å². The standard InChI is InChI=1S/C15H11ClFNS2/c16-15-10-3-1-2-4-12(10)20-14(15)8-19-13-6-5-9(17)7-11(13)18/h1-7H,8,18H2. The molecule has 0 aliphatic heterocycles. The molecule has 0 fully saturated rings. The second kappa shape index (κ2) is 5.64. The third-order valence-electron chi connectivity index (χ3n) is 2.93. The molecule has 20 heavy (non-hydrogen) atoms. The highest BCUT2D eigenvalue weighted by molar-refractivity contribution is 7.98. The Morgan fingerprint density at radius 1 is 1.20 bits per heavy atom. The van der Waals surface area contributed by atoms with Gasteiger partial charge in [0.05, 0.1) is 5.02 Å². The molecule has 1 aromatic heterocycles. The van der Waals surface area contributed by atoms with Gasteiger partial charge in [0.25, 0.3) is 0 Å². The second-order valence-corrected chi connectivity index (χ2v) is 6.84. The zero-order valence-corrected chi connectivity index (χ0v) is 12.8. The fraction of sp³-hybridized carbons (Fsp3) is 0.0667. The topological polar surface area (TPSA) is 26.0 Å². The van der Waals surface area contributed by atoms with Crippen LogP contribution in [0.4, 0.5) is 10.1 Å². The van der Waals surface area contributed by atoms with Gasteiger partial charge in [-0.2, -0.15) is 0 Å². The lowest BCUT2D eigenvalue weighted by Gasteiger charge is -2.04. The molecule has 1 heterocycles. The highest BCUT2D eigenvalue weighted by Gasteiger charge is 2.11. The van der Waals surface area contributed by atoms with Gasteiger partial charge in [-0.05, 0) is 24.3 Å². The highest BCUT2D eigenvalue weighted by Crippen LogP contribution is 2.39. The van der Waals surface area contributed by atoms with Crippen molar-refractivity contribution in [3.63, 3.8) is 0 Å². The molecule has 0 amide bonds. The first-order valence-corrected chi connectivity index (χ1v) is 8.17. The predicted molar refractivity (Wildman–Crippen MR) is 87.2 cm³/mol. The fourth-order valence-corrected chi connectivity index (χ4v) is 4.56. The van der Waals surface area contributed by atoms with Crippen LogP contribution in [0.15, 0.2) is 47.4 Å². The molecule has 2 N–H and O–H groups in total. The molecule has 0 aliphatic carbocycles. The van der Waals surface area contributed by atoms with Gasteiger partial charge < -0.3 is 5.73 Å². The van der Waals surface area contributed by atoms with Gasteiger partial charge in [0.2, 0.25) is 0 Å². The summed E-state index contributed by atoms with van der Waals surface area (Å²) in [5, 5.41) is 1.89. The molecule has 0 bridgehead atoms. The van der Waals surface area contributed by atoms with Crippen molar-refractivity contribution in [3.05, 3.63) is 58.2 Å². The van der Waals surface area contributed by atoms with Crippen molar-refractivity contribution in [3.8, 4) is 0 Å². The van der Waals surface area contributed by atoms with Crippen molar-refractivity contribution >= 4 is 50.5 Å². The molecule has 0 saturated heterocycles. The average molecular weight is 324 g/mol. The van der Waals surface area contributed by atoms with Crippen LogP contribution in [0.5, 0.6) is 0 Å². The quantitative estimate of drug-likeness (QED) is 0.504. The number of fused-ring (bicyclic) bond motifs is 1. The molecular formula is C15H11ClFNS2. The monoisotopic (exact) mass is 323 g/mol. The number of rotatable bonds is 3. The first kappa shape index (κ1) is 13.7. The van der Waals surface area contributed by atoms with Gasteiger partial charge in [0, 0.05) is 31.3 Å².